The summed E-state index contributed by atoms with van der Waals surface area (Å²) < 4.78 is 7.08. The minimum Gasteiger partial charge on any atom is -0.361 e. The third-order valence-corrected chi connectivity index (χ3v) is 4.85. The fourth-order valence-corrected chi connectivity index (χ4v) is 3.72. The SMILES string of the molecule is Cc1noc(C)c1[C@@H](C)CC(=O)N1CCC[C@H](Cn2cncn2)C1. The van der Waals surface area contributed by atoms with Gasteiger partial charge in [-0.25, -0.2) is 4.98 Å². The van der Waals surface area contributed by atoms with Crippen molar-refractivity contribution in [1.82, 2.24) is 24.8 Å². The maximum atomic E-state index is 12.7. The highest BCUT2D eigenvalue weighted by molar-refractivity contribution is 5.77. The number of amides is 1. The van der Waals surface area contributed by atoms with Gasteiger partial charge < -0.3 is 9.42 Å². The Kier molecular flexibility index (Phi) is 4.97. The van der Waals surface area contributed by atoms with E-state index in [4.69, 9.17) is 4.52 Å². The molecule has 1 fully saturated rings. The largest absolute Gasteiger partial charge is 0.361 e. The molecule has 0 N–H and O–H groups in total. The number of piperidine rings is 1. The first-order valence-corrected chi connectivity index (χ1v) is 8.57. The molecule has 1 amide bonds. The molecule has 0 saturated carbocycles. The molecule has 24 heavy (non-hydrogen) atoms. The highest BCUT2D eigenvalue weighted by Gasteiger charge is 2.27. The van der Waals surface area contributed by atoms with Crippen molar-refractivity contribution in [1.29, 1.82) is 0 Å². The van der Waals surface area contributed by atoms with Crippen LogP contribution in [0.2, 0.25) is 0 Å². The highest BCUT2D eigenvalue weighted by atomic mass is 16.5. The molecule has 0 spiro atoms. The number of aromatic nitrogens is 4. The van der Waals surface area contributed by atoms with E-state index < -0.39 is 0 Å². The van der Waals surface area contributed by atoms with Crippen LogP contribution in [0, 0.1) is 19.8 Å². The number of aryl methyl sites for hydroxylation is 2. The van der Waals surface area contributed by atoms with E-state index in [1.54, 1.807) is 12.7 Å². The molecule has 0 bridgehead atoms. The van der Waals surface area contributed by atoms with Crippen LogP contribution in [-0.4, -0.2) is 43.8 Å². The van der Waals surface area contributed by atoms with Crippen molar-refractivity contribution >= 4 is 5.91 Å². The van der Waals surface area contributed by atoms with E-state index in [-0.39, 0.29) is 11.8 Å². The average molecular weight is 331 g/mol. The Morgan fingerprint density at radius 2 is 2.29 bits per heavy atom. The van der Waals surface area contributed by atoms with E-state index in [0.29, 0.717) is 12.3 Å². The summed E-state index contributed by atoms with van der Waals surface area (Å²) in [4.78, 5) is 18.7. The van der Waals surface area contributed by atoms with Gasteiger partial charge in [-0.1, -0.05) is 12.1 Å². The lowest BCUT2D eigenvalue weighted by atomic mass is 9.93. The van der Waals surface area contributed by atoms with Crippen LogP contribution in [0.4, 0.5) is 0 Å². The molecule has 0 radical (unpaired) electrons. The number of likely N-dealkylation sites (tertiary alicyclic amines) is 1. The quantitative estimate of drug-likeness (QED) is 0.840. The number of hydrogen-bond donors (Lipinski definition) is 0. The Balaban J connectivity index is 1.58. The Hall–Kier alpha value is -2.18. The normalized spacial score (nSPS) is 19.5. The van der Waals surface area contributed by atoms with Gasteiger partial charge in [0, 0.05) is 31.6 Å². The van der Waals surface area contributed by atoms with E-state index >= 15 is 0 Å². The maximum absolute atomic E-state index is 12.7. The first-order valence-electron chi connectivity index (χ1n) is 8.57. The van der Waals surface area contributed by atoms with E-state index in [0.717, 1.165) is 49.5 Å². The lowest BCUT2D eigenvalue weighted by Gasteiger charge is -2.33. The molecule has 0 aromatic carbocycles. The first-order chi connectivity index (χ1) is 11.5. The molecule has 1 aliphatic rings. The molecule has 2 aromatic heterocycles. The standard InChI is InChI=1S/C17H25N5O2/c1-12(17-13(2)20-24-14(17)3)7-16(23)21-6-4-5-15(8-21)9-22-11-18-10-19-22/h10-12,15H,4-9H2,1-3H3/t12-,15-/m0/s1. The van der Waals surface area contributed by atoms with Crippen LogP contribution in [-0.2, 0) is 11.3 Å². The summed E-state index contributed by atoms with van der Waals surface area (Å²) in [5.74, 6) is 1.60. The van der Waals surface area contributed by atoms with E-state index in [1.807, 2.05) is 23.4 Å². The topological polar surface area (TPSA) is 77.0 Å². The molecule has 2 aromatic rings. The zero-order chi connectivity index (χ0) is 17.1. The van der Waals surface area contributed by atoms with E-state index in [9.17, 15) is 4.79 Å². The van der Waals surface area contributed by atoms with Gasteiger partial charge in [-0.2, -0.15) is 5.10 Å². The lowest BCUT2D eigenvalue weighted by Crippen LogP contribution is -2.41. The molecule has 1 aliphatic heterocycles. The summed E-state index contributed by atoms with van der Waals surface area (Å²) in [5.41, 5.74) is 1.95. The van der Waals surface area contributed by atoms with E-state index in [2.05, 4.69) is 22.2 Å². The van der Waals surface area contributed by atoms with Crippen molar-refractivity contribution in [2.45, 2.75) is 52.5 Å². The van der Waals surface area contributed by atoms with Crippen molar-refractivity contribution in [3.63, 3.8) is 0 Å². The fraction of sp³-hybridized carbons (Fsp3) is 0.647. The van der Waals surface area contributed by atoms with Gasteiger partial charge in [-0.15, -0.1) is 0 Å². The summed E-state index contributed by atoms with van der Waals surface area (Å²) in [5, 5.41) is 8.16. The second-order valence-corrected chi connectivity index (χ2v) is 6.81. The van der Waals surface area contributed by atoms with Crippen LogP contribution in [0.25, 0.3) is 0 Å². The maximum Gasteiger partial charge on any atom is 0.223 e. The van der Waals surface area contributed by atoms with Gasteiger partial charge in [-0.05, 0) is 38.5 Å². The lowest BCUT2D eigenvalue weighted by molar-refractivity contribution is -0.133. The molecule has 0 aliphatic carbocycles. The number of nitrogens with zero attached hydrogens (tertiary/aromatic N) is 5. The smallest absolute Gasteiger partial charge is 0.223 e. The molecule has 0 unspecified atom stereocenters. The first kappa shape index (κ1) is 16.7. The van der Waals surface area contributed by atoms with Gasteiger partial charge >= 0.3 is 0 Å². The Morgan fingerprint density at radius 1 is 1.46 bits per heavy atom. The number of rotatable bonds is 5. The Bertz CT molecular complexity index is 660. The molecule has 7 nitrogen and oxygen atoms in total. The number of carbonyl (C=O) groups excluding carboxylic acids is 1. The molecule has 3 heterocycles. The Morgan fingerprint density at radius 3 is 2.96 bits per heavy atom. The van der Waals surface area contributed by atoms with Crippen molar-refractivity contribution in [3.8, 4) is 0 Å². The minimum atomic E-state index is 0.124. The summed E-state index contributed by atoms with van der Waals surface area (Å²) >= 11 is 0. The number of carbonyl (C=O) groups is 1. The van der Waals surface area contributed by atoms with Gasteiger partial charge in [-0.3, -0.25) is 9.48 Å². The average Bonchev–Trinajstić information content (AvgIpc) is 3.17. The van der Waals surface area contributed by atoms with Crippen LogP contribution >= 0.6 is 0 Å². The highest BCUT2D eigenvalue weighted by Crippen LogP contribution is 2.27. The molecule has 1 saturated heterocycles. The van der Waals surface area contributed by atoms with Crippen LogP contribution in [0.1, 0.15) is 49.1 Å². The van der Waals surface area contributed by atoms with Crippen molar-refractivity contribution in [2.24, 2.45) is 5.92 Å². The molecule has 3 rings (SSSR count). The van der Waals surface area contributed by atoms with Crippen LogP contribution in [0.5, 0.6) is 0 Å². The van der Waals surface area contributed by atoms with Gasteiger partial charge in [0.1, 0.15) is 18.4 Å². The van der Waals surface area contributed by atoms with Gasteiger partial charge in [0.25, 0.3) is 0 Å². The monoisotopic (exact) mass is 331 g/mol. The zero-order valence-corrected chi connectivity index (χ0v) is 14.6. The third-order valence-electron chi connectivity index (χ3n) is 4.85. The Labute approximate surface area is 142 Å². The second kappa shape index (κ2) is 7.15. The summed E-state index contributed by atoms with van der Waals surface area (Å²) in [7, 11) is 0. The van der Waals surface area contributed by atoms with Gasteiger partial charge in [0.2, 0.25) is 5.91 Å². The molecule has 7 heteroatoms. The fourth-order valence-electron chi connectivity index (χ4n) is 3.72. The summed E-state index contributed by atoms with van der Waals surface area (Å²) in [6.07, 6.45) is 5.96. The van der Waals surface area contributed by atoms with Gasteiger partial charge in [0.05, 0.1) is 5.69 Å². The predicted octanol–water partition coefficient (Wildman–Crippen LogP) is 2.32. The summed E-state index contributed by atoms with van der Waals surface area (Å²) in [6.45, 7) is 8.38. The van der Waals surface area contributed by atoms with Crippen LogP contribution in [0.3, 0.4) is 0 Å². The molecular formula is C17H25N5O2. The molecule has 130 valence electrons. The van der Waals surface area contributed by atoms with Crippen LogP contribution < -0.4 is 0 Å². The molecule has 2 atom stereocenters. The predicted molar refractivity (Wildman–Crippen MR) is 88.3 cm³/mol. The number of hydrogen-bond acceptors (Lipinski definition) is 5. The third kappa shape index (κ3) is 3.66. The van der Waals surface area contributed by atoms with Crippen molar-refractivity contribution in [2.75, 3.05) is 13.1 Å². The van der Waals surface area contributed by atoms with E-state index in [1.165, 1.54) is 0 Å². The van der Waals surface area contributed by atoms with Gasteiger partial charge in [0.15, 0.2) is 0 Å². The zero-order valence-electron chi connectivity index (χ0n) is 14.6. The van der Waals surface area contributed by atoms with Crippen molar-refractivity contribution in [3.05, 3.63) is 29.7 Å². The minimum absolute atomic E-state index is 0.124. The summed E-state index contributed by atoms with van der Waals surface area (Å²) in [6, 6.07) is 0. The van der Waals surface area contributed by atoms with Crippen LogP contribution in [0.15, 0.2) is 17.2 Å². The van der Waals surface area contributed by atoms with Crippen molar-refractivity contribution < 1.29 is 9.32 Å². The molecular weight excluding hydrogens is 306 g/mol. The second-order valence-electron chi connectivity index (χ2n) is 6.81.